The fourth-order valence-corrected chi connectivity index (χ4v) is 5.18. The van der Waals surface area contributed by atoms with Crippen LogP contribution in [0.1, 0.15) is 11.6 Å². The zero-order valence-corrected chi connectivity index (χ0v) is 14.1. The Morgan fingerprint density at radius 2 is 1.91 bits per heavy atom. The highest BCUT2D eigenvalue weighted by molar-refractivity contribution is 8.00. The first-order chi connectivity index (χ1) is 11.3. The number of aromatic nitrogens is 2. The molecule has 0 saturated carbocycles. The van der Waals surface area contributed by atoms with Gasteiger partial charge in [-0.15, -0.1) is 0 Å². The number of hydrogen-bond acceptors (Lipinski definition) is 4. The third-order valence-corrected chi connectivity index (χ3v) is 6.22. The molecule has 1 aliphatic rings. The zero-order chi connectivity index (χ0) is 15.6. The highest BCUT2D eigenvalue weighted by Gasteiger charge is 2.26. The van der Waals surface area contributed by atoms with Crippen molar-refractivity contribution in [3.8, 4) is 0 Å². The average Bonchev–Trinajstić information content (AvgIpc) is 2.99. The molecule has 1 atom stereocenters. The predicted octanol–water partition coefficient (Wildman–Crippen LogP) is 3.98. The van der Waals surface area contributed by atoms with Crippen molar-refractivity contribution in [2.75, 3.05) is 11.5 Å². The number of fused-ring (bicyclic) bond motifs is 2. The van der Waals surface area contributed by atoms with Gasteiger partial charge in [0.15, 0.2) is 5.16 Å². The number of hydrogen-bond donors (Lipinski definition) is 0. The lowest BCUT2D eigenvalue weighted by Gasteiger charge is -2.13. The summed E-state index contributed by atoms with van der Waals surface area (Å²) in [5.74, 6) is 2.85. The molecule has 3 aromatic rings. The molecule has 116 valence electrons. The van der Waals surface area contributed by atoms with Crippen molar-refractivity contribution in [3.05, 3.63) is 70.5 Å². The summed E-state index contributed by atoms with van der Waals surface area (Å²) < 4.78 is 1.89. The number of para-hydroxylation sites is 1. The Balaban J connectivity index is 1.55. The maximum atomic E-state index is 12.8. The van der Waals surface area contributed by atoms with Crippen LogP contribution in [-0.4, -0.2) is 21.1 Å². The summed E-state index contributed by atoms with van der Waals surface area (Å²) in [5, 5.41) is 1.58. The Morgan fingerprint density at radius 1 is 1.13 bits per heavy atom. The molecule has 0 amide bonds. The topological polar surface area (TPSA) is 34.9 Å². The highest BCUT2D eigenvalue weighted by Crippen LogP contribution is 2.33. The quantitative estimate of drug-likeness (QED) is 0.673. The van der Waals surface area contributed by atoms with Gasteiger partial charge in [-0.3, -0.25) is 9.36 Å². The lowest BCUT2D eigenvalue weighted by Crippen LogP contribution is -2.26. The average molecular weight is 340 g/mol. The molecular formula is C18H16N2OS2. The zero-order valence-electron chi connectivity index (χ0n) is 12.5. The van der Waals surface area contributed by atoms with Crippen LogP contribution in [0.3, 0.4) is 0 Å². The van der Waals surface area contributed by atoms with Crippen LogP contribution < -0.4 is 5.56 Å². The van der Waals surface area contributed by atoms with E-state index in [2.05, 4.69) is 29.2 Å². The minimum absolute atomic E-state index is 0.0981. The van der Waals surface area contributed by atoms with Crippen molar-refractivity contribution < 1.29 is 0 Å². The van der Waals surface area contributed by atoms with Crippen LogP contribution in [0.4, 0.5) is 0 Å². The van der Waals surface area contributed by atoms with E-state index in [9.17, 15) is 4.79 Å². The fraction of sp³-hybridized carbons (Fsp3) is 0.222. The van der Waals surface area contributed by atoms with Gasteiger partial charge in [-0.05, 0) is 17.7 Å². The second kappa shape index (κ2) is 6.42. The molecule has 0 bridgehead atoms. The molecule has 0 aliphatic carbocycles. The molecule has 4 rings (SSSR count). The largest absolute Gasteiger partial charge is 0.282 e. The minimum Gasteiger partial charge on any atom is -0.282 e. The Morgan fingerprint density at radius 3 is 2.78 bits per heavy atom. The maximum absolute atomic E-state index is 12.8. The van der Waals surface area contributed by atoms with Gasteiger partial charge in [0.25, 0.3) is 5.56 Å². The van der Waals surface area contributed by atoms with Crippen LogP contribution in [0.2, 0.25) is 0 Å². The van der Waals surface area contributed by atoms with Crippen LogP contribution in [-0.2, 0) is 5.75 Å². The van der Waals surface area contributed by atoms with Crippen LogP contribution in [0.15, 0.2) is 64.5 Å². The summed E-state index contributed by atoms with van der Waals surface area (Å²) in [7, 11) is 0. The van der Waals surface area contributed by atoms with Gasteiger partial charge in [-0.25, -0.2) is 4.98 Å². The van der Waals surface area contributed by atoms with Crippen molar-refractivity contribution >= 4 is 34.4 Å². The number of rotatable bonds is 4. The second-order valence-corrected chi connectivity index (χ2v) is 7.57. The van der Waals surface area contributed by atoms with E-state index in [4.69, 9.17) is 0 Å². The van der Waals surface area contributed by atoms with Crippen molar-refractivity contribution in [3.63, 3.8) is 0 Å². The van der Waals surface area contributed by atoms with Crippen molar-refractivity contribution in [1.29, 1.82) is 0 Å². The van der Waals surface area contributed by atoms with E-state index in [-0.39, 0.29) is 11.6 Å². The molecule has 23 heavy (non-hydrogen) atoms. The van der Waals surface area contributed by atoms with Gasteiger partial charge in [0.05, 0.1) is 16.9 Å². The Kier molecular flexibility index (Phi) is 4.14. The first-order valence-electron chi connectivity index (χ1n) is 7.58. The van der Waals surface area contributed by atoms with E-state index < -0.39 is 0 Å². The van der Waals surface area contributed by atoms with Crippen LogP contribution >= 0.6 is 23.5 Å². The van der Waals surface area contributed by atoms with Gasteiger partial charge in [0.1, 0.15) is 0 Å². The first kappa shape index (κ1) is 14.8. The summed E-state index contributed by atoms with van der Waals surface area (Å²) in [6.07, 6.45) is 0. The summed E-state index contributed by atoms with van der Waals surface area (Å²) in [6.45, 7) is 0. The molecule has 5 heteroatoms. The maximum Gasteiger partial charge on any atom is 0.262 e. The Bertz CT molecular complexity index is 892. The van der Waals surface area contributed by atoms with Gasteiger partial charge >= 0.3 is 0 Å². The second-order valence-electron chi connectivity index (χ2n) is 5.55. The predicted molar refractivity (Wildman–Crippen MR) is 98.4 cm³/mol. The standard InChI is InChI=1S/C18H16N2OS2/c21-17-15-8-4-5-9-16(15)19-18-20(17)14(12-23-18)11-22-10-13-6-2-1-3-7-13/h1-9,14H,10-12H2/t14-/m1/s1. The van der Waals surface area contributed by atoms with Gasteiger partial charge in [-0.2, -0.15) is 11.8 Å². The number of nitrogens with zero attached hydrogens (tertiary/aromatic N) is 2. The summed E-state index contributed by atoms with van der Waals surface area (Å²) >= 11 is 3.57. The molecule has 1 aliphatic heterocycles. The molecule has 0 fully saturated rings. The lowest BCUT2D eigenvalue weighted by atomic mass is 10.2. The van der Waals surface area contributed by atoms with E-state index >= 15 is 0 Å². The molecule has 0 radical (unpaired) electrons. The van der Waals surface area contributed by atoms with E-state index in [1.54, 1.807) is 11.8 Å². The Labute approximate surface area is 143 Å². The molecule has 2 heterocycles. The third kappa shape index (κ3) is 2.91. The summed E-state index contributed by atoms with van der Waals surface area (Å²) in [4.78, 5) is 17.4. The molecule has 0 unspecified atom stereocenters. The number of thioether (sulfide) groups is 2. The van der Waals surface area contributed by atoms with E-state index in [1.807, 2.05) is 46.7 Å². The number of benzene rings is 2. The fourth-order valence-electron chi connectivity index (χ4n) is 2.80. The lowest BCUT2D eigenvalue weighted by molar-refractivity contribution is 0.558. The normalized spacial score (nSPS) is 16.6. The van der Waals surface area contributed by atoms with Gasteiger partial charge < -0.3 is 0 Å². The highest BCUT2D eigenvalue weighted by atomic mass is 32.2. The van der Waals surface area contributed by atoms with Crippen LogP contribution in [0.25, 0.3) is 10.9 Å². The van der Waals surface area contributed by atoms with Gasteiger partial charge in [0, 0.05) is 17.3 Å². The smallest absolute Gasteiger partial charge is 0.262 e. The summed E-state index contributed by atoms with van der Waals surface area (Å²) in [6, 6.07) is 18.3. The molecule has 2 aromatic carbocycles. The summed E-state index contributed by atoms with van der Waals surface area (Å²) in [5.41, 5.74) is 2.22. The van der Waals surface area contributed by atoms with E-state index in [0.717, 1.165) is 33.3 Å². The Hall–Kier alpha value is -1.72. The van der Waals surface area contributed by atoms with Crippen LogP contribution in [0, 0.1) is 0 Å². The minimum atomic E-state index is 0.0981. The van der Waals surface area contributed by atoms with Gasteiger partial charge in [-0.1, -0.05) is 54.2 Å². The SMILES string of the molecule is O=c1c2ccccc2nc2n1[C@H](CSCc1ccccc1)CS2. The van der Waals surface area contributed by atoms with Crippen molar-refractivity contribution in [1.82, 2.24) is 9.55 Å². The molecular weight excluding hydrogens is 324 g/mol. The van der Waals surface area contributed by atoms with Crippen molar-refractivity contribution in [2.45, 2.75) is 17.0 Å². The van der Waals surface area contributed by atoms with Gasteiger partial charge in [0.2, 0.25) is 0 Å². The molecule has 0 spiro atoms. The molecule has 0 saturated heterocycles. The van der Waals surface area contributed by atoms with E-state index in [1.165, 1.54) is 5.56 Å². The molecule has 3 nitrogen and oxygen atoms in total. The van der Waals surface area contributed by atoms with E-state index in [0.29, 0.717) is 0 Å². The van der Waals surface area contributed by atoms with Crippen molar-refractivity contribution in [2.24, 2.45) is 0 Å². The monoisotopic (exact) mass is 340 g/mol. The molecule has 0 N–H and O–H groups in total. The third-order valence-electron chi connectivity index (χ3n) is 3.97. The first-order valence-corrected chi connectivity index (χ1v) is 9.73. The molecule has 1 aromatic heterocycles. The van der Waals surface area contributed by atoms with Crippen LogP contribution in [0.5, 0.6) is 0 Å².